The zero-order valence-corrected chi connectivity index (χ0v) is 14.8. The maximum absolute atomic E-state index is 12.3. The van der Waals surface area contributed by atoms with Crippen molar-refractivity contribution in [2.45, 2.75) is 32.7 Å². The Bertz CT molecular complexity index is 768. The second-order valence-electron chi connectivity index (χ2n) is 5.52. The van der Waals surface area contributed by atoms with Crippen molar-refractivity contribution in [2.75, 3.05) is 5.32 Å². The van der Waals surface area contributed by atoms with E-state index in [0.29, 0.717) is 35.1 Å². The van der Waals surface area contributed by atoms with E-state index >= 15 is 0 Å². The lowest BCUT2D eigenvalue weighted by molar-refractivity contribution is -0.125. The maximum atomic E-state index is 12.3. The van der Waals surface area contributed by atoms with Crippen LogP contribution in [0.15, 0.2) is 17.5 Å². The molecule has 6 nitrogen and oxygen atoms in total. The number of hydrogen-bond acceptors (Lipinski definition) is 6. The molecular formula is C16H17N3O3S2. The number of hydrogen-bond donors (Lipinski definition) is 2. The first-order chi connectivity index (χ1) is 11.6. The van der Waals surface area contributed by atoms with Crippen LogP contribution < -0.4 is 10.6 Å². The van der Waals surface area contributed by atoms with E-state index in [1.54, 1.807) is 18.3 Å². The van der Waals surface area contributed by atoms with E-state index in [4.69, 9.17) is 0 Å². The topological polar surface area (TPSA) is 88.2 Å². The van der Waals surface area contributed by atoms with Gasteiger partial charge in [-0.3, -0.25) is 14.4 Å². The number of ketones is 1. The fraction of sp³-hybridized carbons (Fsp3) is 0.375. The van der Waals surface area contributed by atoms with Crippen LogP contribution in [0.25, 0.3) is 0 Å². The third-order valence-electron chi connectivity index (χ3n) is 3.78. The molecule has 0 aromatic carbocycles. The van der Waals surface area contributed by atoms with Crippen molar-refractivity contribution in [1.82, 2.24) is 10.3 Å². The number of rotatable bonds is 5. The first kappa shape index (κ1) is 16.8. The quantitative estimate of drug-likeness (QED) is 0.855. The van der Waals surface area contributed by atoms with Crippen LogP contribution in [0.1, 0.15) is 40.0 Å². The highest BCUT2D eigenvalue weighted by molar-refractivity contribution is 7.17. The molecule has 8 heteroatoms. The van der Waals surface area contributed by atoms with Gasteiger partial charge in [-0.2, -0.15) is 0 Å². The van der Waals surface area contributed by atoms with Crippen LogP contribution >= 0.6 is 22.7 Å². The molecule has 1 atom stereocenters. The second-order valence-corrected chi connectivity index (χ2v) is 7.55. The molecule has 2 aromatic heterocycles. The van der Waals surface area contributed by atoms with Gasteiger partial charge in [-0.05, 0) is 11.4 Å². The minimum Gasteiger partial charge on any atom is -0.351 e. The van der Waals surface area contributed by atoms with E-state index in [1.807, 2.05) is 17.5 Å². The van der Waals surface area contributed by atoms with Gasteiger partial charge in [0.25, 0.3) is 0 Å². The average Bonchev–Trinajstić information content (AvgIpc) is 3.21. The number of nitrogens with one attached hydrogen (secondary N) is 2. The average molecular weight is 363 g/mol. The van der Waals surface area contributed by atoms with Crippen LogP contribution in [-0.4, -0.2) is 22.6 Å². The van der Waals surface area contributed by atoms with Crippen LogP contribution in [-0.2, 0) is 22.6 Å². The van der Waals surface area contributed by atoms with E-state index in [0.717, 1.165) is 4.88 Å². The molecule has 2 heterocycles. The normalized spacial score (nSPS) is 16.5. The molecule has 24 heavy (non-hydrogen) atoms. The summed E-state index contributed by atoms with van der Waals surface area (Å²) in [6.45, 7) is 2.23. The van der Waals surface area contributed by atoms with Crippen molar-refractivity contribution in [3.63, 3.8) is 0 Å². The molecular weight excluding hydrogens is 346 g/mol. The lowest BCUT2D eigenvalue weighted by Gasteiger charge is -2.19. The summed E-state index contributed by atoms with van der Waals surface area (Å²) in [7, 11) is 0. The molecule has 0 fully saturated rings. The summed E-state index contributed by atoms with van der Waals surface area (Å²) in [5.41, 5.74) is 0.610. The lowest BCUT2D eigenvalue weighted by Crippen LogP contribution is -2.35. The number of fused-ring (bicyclic) bond motifs is 1. The molecule has 0 saturated heterocycles. The van der Waals surface area contributed by atoms with Gasteiger partial charge in [0.15, 0.2) is 10.9 Å². The summed E-state index contributed by atoms with van der Waals surface area (Å²) in [5, 5.41) is 7.94. The molecule has 1 aliphatic rings. The van der Waals surface area contributed by atoms with Crippen LogP contribution in [0.5, 0.6) is 0 Å². The number of carbonyl (C=O) groups excluding carboxylic acids is 3. The number of nitrogens with zero attached hydrogens (tertiary/aromatic N) is 1. The third-order valence-corrected chi connectivity index (χ3v) is 5.71. The van der Waals surface area contributed by atoms with Crippen LogP contribution in [0, 0.1) is 5.92 Å². The highest BCUT2D eigenvalue weighted by Gasteiger charge is 2.33. The minimum atomic E-state index is -0.401. The molecule has 0 radical (unpaired) electrons. The van der Waals surface area contributed by atoms with Gasteiger partial charge in [-0.1, -0.05) is 24.3 Å². The Morgan fingerprint density at radius 2 is 2.21 bits per heavy atom. The fourth-order valence-electron chi connectivity index (χ4n) is 2.51. The van der Waals surface area contributed by atoms with Crippen molar-refractivity contribution in [1.29, 1.82) is 0 Å². The van der Waals surface area contributed by atoms with Gasteiger partial charge in [-0.15, -0.1) is 11.3 Å². The molecule has 0 spiro atoms. The van der Waals surface area contributed by atoms with E-state index in [2.05, 4.69) is 15.6 Å². The Balaban J connectivity index is 1.66. The molecule has 2 aromatic rings. The SMILES string of the molecule is CCC(=O)Nc1nc2c(s1)C(=O)CC(C(=O)NCc1cccs1)C2. The largest absolute Gasteiger partial charge is 0.351 e. The zero-order valence-electron chi connectivity index (χ0n) is 13.1. The summed E-state index contributed by atoms with van der Waals surface area (Å²) in [6, 6.07) is 3.89. The highest BCUT2D eigenvalue weighted by Crippen LogP contribution is 2.32. The Morgan fingerprint density at radius 1 is 1.38 bits per heavy atom. The number of aromatic nitrogens is 1. The minimum absolute atomic E-state index is 0.0815. The Hall–Kier alpha value is -2.06. The number of anilines is 1. The van der Waals surface area contributed by atoms with Crippen LogP contribution in [0.2, 0.25) is 0 Å². The molecule has 0 bridgehead atoms. The molecule has 1 aliphatic carbocycles. The van der Waals surface area contributed by atoms with Gasteiger partial charge in [0.2, 0.25) is 11.8 Å². The standard InChI is InChI=1S/C16H17N3O3S2/c1-2-13(21)19-16-18-11-6-9(7-12(20)14(11)24-16)15(22)17-8-10-4-3-5-23-10/h3-5,9H,2,6-8H2,1H3,(H,17,22)(H,18,19,21). The summed E-state index contributed by atoms with van der Waals surface area (Å²) in [4.78, 5) is 42.0. The molecule has 0 aliphatic heterocycles. The van der Waals surface area contributed by atoms with Crippen molar-refractivity contribution in [2.24, 2.45) is 5.92 Å². The molecule has 126 valence electrons. The van der Waals surface area contributed by atoms with Gasteiger partial charge in [-0.25, -0.2) is 4.98 Å². The fourth-order valence-corrected chi connectivity index (χ4v) is 4.11. The Kier molecular flexibility index (Phi) is 5.06. The van der Waals surface area contributed by atoms with Crippen molar-refractivity contribution < 1.29 is 14.4 Å². The van der Waals surface area contributed by atoms with E-state index in [9.17, 15) is 14.4 Å². The van der Waals surface area contributed by atoms with Gasteiger partial charge < -0.3 is 10.6 Å². The second kappa shape index (κ2) is 7.23. The number of thiophene rings is 1. The number of thiazole rings is 1. The molecule has 3 rings (SSSR count). The van der Waals surface area contributed by atoms with Gasteiger partial charge >= 0.3 is 0 Å². The monoisotopic (exact) mass is 363 g/mol. The number of Topliss-reactive ketones (excluding diaryl/α,β-unsaturated/α-hetero) is 1. The predicted molar refractivity (Wildman–Crippen MR) is 93.3 cm³/mol. The molecule has 2 N–H and O–H groups in total. The van der Waals surface area contributed by atoms with Gasteiger partial charge in [0, 0.05) is 24.1 Å². The summed E-state index contributed by atoms with van der Waals surface area (Å²) in [6.07, 6.45) is 0.967. The Morgan fingerprint density at radius 3 is 2.92 bits per heavy atom. The molecule has 0 saturated carbocycles. The van der Waals surface area contributed by atoms with Crippen molar-refractivity contribution in [3.05, 3.63) is 33.0 Å². The van der Waals surface area contributed by atoms with Crippen LogP contribution in [0.3, 0.4) is 0 Å². The van der Waals surface area contributed by atoms with E-state index in [-0.39, 0.29) is 24.0 Å². The number of carbonyl (C=O) groups is 3. The maximum Gasteiger partial charge on any atom is 0.225 e. The van der Waals surface area contributed by atoms with Crippen molar-refractivity contribution >= 4 is 45.4 Å². The molecule has 2 amide bonds. The zero-order chi connectivity index (χ0) is 17.1. The molecule has 1 unspecified atom stereocenters. The van der Waals surface area contributed by atoms with Crippen LogP contribution in [0.4, 0.5) is 5.13 Å². The summed E-state index contributed by atoms with van der Waals surface area (Å²) >= 11 is 2.77. The number of amides is 2. The van der Waals surface area contributed by atoms with Crippen molar-refractivity contribution in [3.8, 4) is 0 Å². The Labute approximate surface area is 147 Å². The van der Waals surface area contributed by atoms with E-state index < -0.39 is 5.92 Å². The highest BCUT2D eigenvalue weighted by atomic mass is 32.1. The van der Waals surface area contributed by atoms with E-state index in [1.165, 1.54) is 11.3 Å². The summed E-state index contributed by atoms with van der Waals surface area (Å²) < 4.78 is 0. The third kappa shape index (κ3) is 3.70. The first-order valence-electron chi connectivity index (χ1n) is 7.69. The smallest absolute Gasteiger partial charge is 0.225 e. The lowest BCUT2D eigenvalue weighted by atomic mass is 9.89. The summed E-state index contributed by atoms with van der Waals surface area (Å²) in [5.74, 6) is -0.753. The van der Waals surface area contributed by atoms with Gasteiger partial charge in [0.1, 0.15) is 0 Å². The first-order valence-corrected chi connectivity index (χ1v) is 9.39. The van der Waals surface area contributed by atoms with Gasteiger partial charge in [0.05, 0.1) is 23.0 Å². The predicted octanol–water partition coefficient (Wildman–Crippen LogP) is 2.61.